The Kier molecular flexibility index (Phi) is 5.22. The summed E-state index contributed by atoms with van der Waals surface area (Å²) >= 11 is 0. The number of hydrogen-bond acceptors (Lipinski definition) is 3. The van der Waals surface area contributed by atoms with Crippen LogP contribution in [0.3, 0.4) is 0 Å². The third kappa shape index (κ3) is 4.10. The van der Waals surface area contributed by atoms with Crippen LogP contribution in [-0.2, 0) is 4.79 Å². The highest BCUT2D eigenvalue weighted by molar-refractivity contribution is 5.81. The van der Waals surface area contributed by atoms with E-state index < -0.39 is 0 Å². The number of carbonyl (C=O) groups excluding carboxylic acids is 1. The molecule has 0 bridgehead atoms. The van der Waals surface area contributed by atoms with Crippen LogP contribution in [0.25, 0.3) is 0 Å². The fourth-order valence-corrected chi connectivity index (χ4v) is 1.92. The van der Waals surface area contributed by atoms with E-state index in [-0.39, 0.29) is 11.9 Å². The van der Waals surface area contributed by atoms with Gasteiger partial charge in [-0.3, -0.25) is 9.69 Å². The van der Waals surface area contributed by atoms with Gasteiger partial charge in [-0.1, -0.05) is 13.8 Å². The van der Waals surface area contributed by atoms with E-state index in [1.165, 1.54) is 6.42 Å². The maximum Gasteiger partial charge on any atom is 0.239 e. The zero-order chi connectivity index (χ0) is 12.1. The molecule has 2 N–H and O–H groups in total. The Morgan fingerprint density at radius 2 is 1.75 bits per heavy atom. The lowest BCUT2D eigenvalue weighted by atomic mass is 10.1. The van der Waals surface area contributed by atoms with Crippen molar-refractivity contribution in [2.45, 2.75) is 33.2 Å². The number of piperazine rings is 1. The lowest BCUT2D eigenvalue weighted by Gasteiger charge is -2.35. The van der Waals surface area contributed by atoms with E-state index >= 15 is 0 Å². The molecule has 1 aliphatic heterocycles. The molecule has 1 atom stereocenters. The molecule has 4 nitrogen and oxygen atoms in total. The predicted octanol–water partition coefficient (Wildman–Crippen LogP) is 0.524. The van der Waals surface area contributed by atoms with E-state index in [1.807, 2.05) is 4.90 Å². The topological polar surface area (TPSA) is 49.6 Å². The van der Waals surface area contributed by atoms with Crippen molar-refractivity contribution in [3.63, 3.8) is 0 Å². The Hall–Kier alpha value is -0.610. The molecule has 0 aromatic heterocycles. The van der Waals surface area contributed by atoms with E-state index in [1.54, 1.807) is 6.92 Å². The highest BCUT2D eigenvalue weighted by Crippen LogP contribution is 2.07. The summed E-state index contributed by atoms with van der Waals surface area (Å²) < 4.78 is 0. The Morgan fingerprint density at radius 3 is 2.19 bits per heavy atom. The van der Waals surface area contributed by atoms with Crippen molar-refractivity contribution in [3.8, 4) is 0 Å². The molecule has 4 heteroatoms. The molecule has 16 heavy (non-hydrogen) atoms. The van der Waals surface area contributed by atoms with E-state index in [0.29, 0.717) is 0 Å². The molecule has 1 saturated heterocycles. The van der Waals surface area contributed by atoms with Gasteiger partial charge in [-0.25, -0.2) is 0 Å². The average Bonchev–Trinajstić information content (AvgIpc) is 2.26. The van der Waals surface area contributed by atoms with Gasteiger partial charge in [0.25, 0.3) is 0 Å². The van der Waals surface area contributed by atoms with Gasteiger partial charge >= 0.3 is 0 Å². The van der Waals surface area contributed by atoms with Gasteiger partial charge in [-0.05, 0) is 25.8 Å². The quantitative estimate of drug-likeness (QED) is 0.762. The third-order valence-corrected chi connectivity index (χ3v) is 3.10. The molecular weight excluding hydrogens is 202 g/mol. The summed E-state index contributed by atoms with van der Waals surface area (Å²) in [5, 5.41) is 0. The van der Waals surface area contributed by atoms with Crippen LogP contribution in [-0.4, -0.2) is 54.5 Å². The van der Waals surface area contributed by atoms with Crippen molar-refractivity contribution >= 4 is 5.91 Å². The van der Waals surface area contributed by atoms with Crippen LogP contribution in [0.5, 0.6) is 0 Å². The van der Waals surface area contributed by atoms with Gasteiger partial charge in [0.1, 0.15) is 0 Å². The van der Waals surface area contributed by atoms with Gasteiger partial charge < -0.3 is 10.6 Å². The first-order valence-electron chi connectivity index (χ1n) is 6.27. The normalized spacial score (nSPS) is 20.2. The second-order valence-corrected chi connectivity index (χ2v) is 5.14. The molecule has 0 aromatic rings. The standard InChI is InChI=1S/C12H25N3O/c1-10(2)4-5-14-6-8-15(9-7-14)12(16)11(3)13/h10-11H,4-9,13H2,1-3H3/t11-/m1/s1. The van der Waals surface area contributed by atoms with Crippen LogP contribution >= 0.6 is 0 Å². The zero-order valence-electron chi connectivity index (χ0n) is 10.8. The summed E-state index contributed by atoms with van der Waals surface area (Å²) in [6.07, 6.45) is 1.24. The molecule has 1 amide bonds. The Bertz CT molecular complexity index is 220. The van der Waals surface area contributed by atoms with Gasteiger partial charge in [-0.15, -0.1) is 0 Å². The first kappa shape index (κ1) is 13.5. The largest absolute Gasteiger partial charge is 0.339 e. The number of hydrogen-bond donors (Lipinski definition) is 1. The van der Waals surface area contributed by atoms with Crippen LogP contribution in [0.4, 0.5) is 0 Å². The van der Waals surface area contributed by atoms with E-state index in [0.717, 1.165) is 38.6 Å². The molecule has 1 fully saturated rings. The fraction of sp³-hybridized carbons (Fsp3) is 0.917. The van der Waals surface area contributed by atoms with Crippen molar-refractivity contribution in [2.24, 2.45) is 11.7 Å². The van der Waals surface area contributed by atoms with Crippen LogP contribution < -0.4 is 5.73 Å². The number of nitrogens with two attached hydrogens (primary N) is 1. The van der Waals surface area contributed by atoms with Crippen LogP contribution in [0.15, 0.2) is 0 Å². The second-order valence-electron chi connectivity index (χ2n) is 5.14. The second kappa shape index (κ2) is 6.21. The summed E-state index contributed by atoms with van der Waals surface area (Å²) in [5.41, 5.74) is 5.60. The minimum Gasteiger partial charge on any atom is -0.339 e. The maximum atomic E-state index is 11.7. The first-order valence-corrected chi connectivity index (χ1v) is 6.27. The van der Waals surface area contributed by atoms with E-state index in [4.69, 9.17) is 5.73 Å². The molecule has 0 aliphatic carbocycles. The number of rotatable bonds is 4. The number of amides is 1. The Balaban J connectivity index is 2.26. The number of nitrogens with zero attached hydrogens (tertiary/aromatic N) is 2. The van der Waals surface area contributed by atoms with Crippen molar-refractivity contribution in [1.29, 1.82) is 0 Å². The van der Waals surface area contributed by atoms with Crippen molar-refractivity contribution in [2.75, 3.05) is 32.7 Å². The minimum absolute atomic E-state index is 0.0866. The lowest BCUT2D eigenvalue weighted by Crippen LogP contribution is -2.52. The van der Waals surface area contributed by atoms with Gasteiger partial charge in [0, 0.05) is 26.2 Å². The highest BCUT2D eigenvalue weighted by atomic mass is 16.2. The smallest absolute Gasteiger partial charge is 0.239 e. The monoisotopic (exact) mass is 227 g/mol. The van der Waals surface area contributed by atoms with Gasteiger partial charge in [0.2, 0.25) is 5.91 Å². The van der Waals surface area contributed by atoms with Crippen LogP contribution in [0.1, 0.15) is 27.2 Å². The average molecular weight is 227 g/mol. The summed E-state index contributed by atoms with van der Waals surface area (Å²) in [5.74, 6) is 0.840. The fourth-order valence-electron chi connectivity index (χ4n) is 1.92. The molecule has 94 valence electrons. The van der Waals surface area contributed by atoms with E-state index in [9.17, 15) is 4.79 Å². The highest BCUT2D eigenvalue weighted by Gasteiger charge is 2.22. The van der Waals surface area contributed by atoms with Gasteiger partial charge in [-0.2, -0.15) is 0 Å². The minimum atomic E-state index is -0.359. The summed E-state index contributed by atoms with van der Waals surface area (Å²) in [6, 6.07) is -0.359. The summed E-state index contributed by atoms with van der Waals surface area (Å²) in [4.78, 5) is 16.0. The van der Waals surface area contributed by atoms with Gasteiger partial charge in [0.15, 0.2) is 0 Å². The Labute approximate surface area is 98.8 Å². The van der Waals surface area contributed by atoms with E-state index in [2.05, 4.69) is 18.7 Å². The van der Waals surface area contributed by atoms with Crippen molar-refractivity contribution in [3.05, 3.63) is 0 Å². The predicted molar refractivity (Wildman–Crippen MR) is 66.1 cm³/mol. The van der Waals surface area contributed by atoms with Crippen LogP contribution in [0, 0.1) is 5.92 Å². The molecule has 1 heterocycles. The maximum absolute atomic E-state index is 11.7. The number of carbonyl (C=O) groups is 1. The molecule has 0 aromatic carbocycles. The molecule has 1 aliphatic rings. The molecule has 0 unspecified atom stereocenters. The molecule has 0 radical (unpaired) electrons. The van der Waals surface area contributed by atoms with Gasteiger partial charge in [0.05, 0.1) is 6.04 Å². The third-order valence-electron chi connectivity index (χ3n) is 3.10. The van der Waals surface area contributed by atoms with Crippen molar-refractivity contribution in [1.82, 2.24) is 9.80 Å². The molecule has 1 rings (SSSR count). The lowest BCUT2D eigenvalue weighted by molar-refractivity contribution is -0.133. The molecular formula is C12H25N3O. The molecule has 0 spiro atoms. The molecule has 0 saturated carbocycles. The van der Waals surface area contributed by atoms with Crippen molar-refractivity contribution < 1.29 is 4.79 Å². The summed E-state index contributed by atoms with van der Waals surface area (Å²) in [7, 11) is 0. The summed E-state index contributed by atoms with van der Waals surface area (Å²) in [6.45, 7) is 11.0. The van der Waals surface area contributed by atoms with Crippen LogP contribution in [0.2, 0.25) is 0 Å². The first-order chi connectivity index (χ1) is 7.50. The SMILES string of the molecule is CC(C)CCN1CCN(C(=O)[C@@H](C)N)CC1. The Morgan fingerprint density at radius 1 is 1.19 bits per heavy atom. The zero-order valence-corrected chi connectivity index (χ0v) is 10.8.